The lowest BCUT2D eigenvalue weighted by molar-refractivity contribution is 1.12. The summed E-state index contributed by atoms with van der Waals surface area (Å²) in [6.45, 7) is 2.06. The van der Waals surface area contributed by atoms with Crippen LogP contribution in [-0.4, -0.2) is 4.98 Å². The molecule has 1 aromatic carbocycles. The van der Waals surface area contributed by atoms with Gasteiger partial charge in [0.25, 0.3) is 0 Å². The van der Waals surface area contributed by atoms with Gasteiger partial charge in [-0.15, -0.1) is 0 Å². The van der Waals surface area contributed by atoms with Crippen molar-refractivity contribution in [1.29, 1.82) is 0 Å². The molecule has 0 amide bonds. The van der Waals surface area contributed by atoms with Gasteiger partial charge in [0.1, 0.15) is 0 Å². The predicted molar refractivity (Wildman–Crippen MR) is 62.6 cm³/mol. The van der Waals surface area contributed by atoms with Crippen LogP contribution in [0.4, 0.5) is 5.69 Å². The zero-order valence-corrected chi connectivity index (χ0v) is 8.77. The lowest BCUT2D eigenvalue weighted by Crippen LogP contribution is -1.96. The van der Waals surface area contributed by atoms with Gasteiger partial charge in [0.05, 0.1) is 0 Å². The van der Waals surface area contributed by atoms with Gasteiger partial charge in [-0.05, 0) is 42.2 Å². The molecule has 0 atom stereocenters. The second-order valence-corrected chi connectivity index (χ2v) is 3.67. The smallest absolute Gasteiger partial charge is 0.0346 e. The van der Waals surface area contributed by atoms with E-state index in [-0.39, 0.29) is 0 Å². The Morgan fingerprint density at radius 1 is 1.20 bits per heavy atom. The molecule has 0 saturated carbocycles. The van der Waals surface area contributed by atoms with E-state index >= 15 is 0 Å². The molecule has 0 unspecified atom stereocenters. The highest BCUT2D eigenvalue weighted by molar-refractivity contribution is 5.50. The third-order valence-corrected chi connectivity index (χ3v) is 2.61. The van der Waals surface area contributed by atoms with Gasteiger partial charge in [-0.3, -0.25) is 4.98 Å². The van der Waals surface area contributed by atoms with E-state index in [0.717, 1.165) is 12.1 Å². The van der Waals surface area contributed by atoms with Crippen molar-refractivity contribution in [2.24, 2.45) is 0 Å². The van der Waals surface area contributed by atoms with Gasteiger partial charge in [0.15, 0.2) is 0 Å². The molecule has 0 aliphatic heterocycles. The summed E-state index contributed by atoms with van der Waals surface area (Å²) in [6.07, 6.45) is 4.57. The van der Waals surface area contributed by atoms with Crippen molar-refractivity contribution in [3.8, 4) is 0 Å². The van der Waals surface area contributed by atoms with Crippen molar-refractivity contribution < 1.29 is 0 Å². The third kappa shape index (κ3) is 2.15. The maximum Gasteiger partial charge on any atom is 0.0346 e. The molecule has 2 heteroatoms. The van der Waals surface area contributed by atoms with Gasteiger partial charge in [-0.2, -0.15) is 0 Å². The molecule has 76 valence electrons. The van der Waals surface area contributed by atoms with Crippen LogP contribution >= 0.6 is 0 Å². The summed E-state index contributed by atoms with van der Waals surface area (Å²) in [4.78, 5) is 4.10. The first-order valence-corrected chi connectivity index (χ1v) is 5.00. The summed E-state index contributed by atoms with van der Waals surface area (Å²) < 4.78 is 0. The highest BCUT2D eigenvalue weighted by Crippen LogP contribution is 2.18. The van der Waals surface area contributed by atoms with E-state index in [4.69, 9.17) is 5.73 Å². The van der Waals surface area contributed by atoms with Crippen LogP contribution in [0.25, 0.3) is 0 Å². The van der Waals surface area contributed by atoms with E-state index in [0.29, 0.717) is 0 Å². The van der Waals surface area contributed by atoms with Crippen LogP contribution in [0.3, 0.4) is 0 Å². The summed E-state index contributed by atoms with van der Waals surface area (Å²) in [5.41, 5.74) is 10.4. The minimum Gasteiger partial charge on any atom is -0.399 e. The zero-order valence-electron chi connectivity index (χ0n) is 8.77. The largest absolute Gasteiger partial charge is 0.399 e. The Labute approximate surface area is 89.8 Å². The van der Waals surface area contributed by atoms with Crippen molar-refractivity contribution in [2.75, 3.05) is 5.73 Å². The molecule has 0 aliphatic carbocycles. The summed E-state index contributed by atoms with van der Waals surface area (Å²) in [5.74, 6) is 0. The number of benzene rings is 1. The highest BCUT2D eigenvalue weighted by Gasteiger charge is 2.02. The lowest BCUT2D eigenvalue weighted by atomic mass is 10.0. The monoisotopic (exact) mass is 198 g/mol. The van der Waals surface area contributed by atoms with Gasteiger partial charge < -0.3 is 5.73 Å². The molecule has 1 heterocycles. The van der Waals surface area contributed by atoms with Crippen LogP contribution in [0.15, 0.2) is 42.7 Å². The van der Waals surface area contributed by atoms with Crippen LogP contribution in [0, 0.1) is 6.92 Å². The van der Waals surface area contributed by atoms with Crippen molar-refractivity contribution in [1.82, 2.24) is 4.98 Å². The van der Waals surface area contributed by atoms with Crippen LogP contribution in [0.1, 0.15) is 16.7 Å². The Morgan fingerprint density at radius 3 is 2.80 bits per heavy atom. The van der Waals surface area contributed by atoms with Crippen molar-refractivity contribution in [2.45, 2.75) is 13.3 Å². The molecule has 0 aliphatic rings. The van der Waals surface area contributed by atoms with E-state index in [1.54, 1.807) is 6.20 Å². The molecule has 0 bridgehead atoms. The van der Waals surface area contributed by atoms with E-state index < -0.39 is 0 Å². The summed E-state index contributed by atoms with van der Waals surface area (Å²) in [6, 6.07) is 10.1. The van der Waals surface area contributed by atoms with Crippen LogP contribution < -0.4 is 5.73 Å². The van der Waals surface area contributed by atoms with Crippen LogP contribution in [-0.2, 0) is 6.42 Å². The van der Waals surface area contributed by atoms with E-state index in [1.165, 1.54) is 16.7 Å². The van der Waals surface area contributed by atoms with Crippen molar-refractivity contribution >= 4 is 5.69 Å². The van der Waals surface area contributed by atoms with Crippen molar-refractivity contribution in [3.05, 3.63) is 59.4 Å². The molecule has 2 aromatic rings. The fourth-order valence-corrected chi connectivity index (χ4v) is 1.62. The summed E-state index contributed by atoms with van der Waals surface area (Å²) in [7, 11) is 0. The fraction of sp³-hybridized carbons (Fsp3) is 0.154. The fourth-order valence-electron chi connectivity index (χ4n) is 1.62. The highest BCUT2D eigenvalue weighted by atomic mass is 14.6. The van der Waals surface area contributed by atoms with Gasteiger partial charge >= 0.3 is 0 Å². The number of nitrogens with zero attached hydrogens (tertiary/aromatic N) is 1. The second kappa shape index (κ2) is 4.13. The molecule has 2 nitrogen and oxygen atoms in total. The first-order chi connectivity index (χ1) is 7.27. The average Bonchev–Trinajstić information content (AvgIpc) is 2.26. The van der Waals surface area contributed by atoms with Crippen LogP contribution in [0.5, 0.6) is 0 Å². The number of nitrogens with two attached hydrogens (primary N) is 1. The Bertz CT molecular complexity index is 449. The molecule has 15 heavy (non-hydrogen) atoms. The maximum atomic E-state index is 5.86. The molecule has 0 saturated heterocycles. The molecule has 2 N–H and O–H groups in total. The SMILES string of the molecule is Cc1c(N)cccc1Cc1cccnc1. The molecule has 0 radical (unpaired) electrons. The number of pyridine rings is 1. The van der Waals surface area contributed by atoms with Gasteiger partial charge in [-0.1, -0.05) is 18.2 Å². The maximum absolute atomic E-state index is 5.86. The van der Waals surface area contributed by atoms with Gasteiger partial charge in [0, 0.05) is 18.1 Å². The number of aromatic nitrogens is 1. The van der Waals surface area contributed by atoms with E-state index in [1.807, 2.05) is 24.4 Å². The van der Waals surface area contributed by atoms with Crippen LogP contribution in [0.2, 0.25) is 0 Å². The normalized spacial score (nSPS) is 10.2. The number of hydrogen-bond acceptors (Lipinski definition) is 2. The second-order valence-electron chi connectivity index (χ2n) is 3.67. The summed E-state index contributed by atoms with van der Waals surface area (Å²) >= 11 is 0. The minimum atomic E-state index is 0.858. The molecular formula is C13H14N2. The van der Waals surface area contributed by atoms with E-state index in [9.17, 15) is 0 Å². The topological polar surface area (TPSA) is 38.9 Å². The molecule has 2 rings (SSSR count). The molecule has 1 aromatic heterocycles. The molecule has 0 spiro atoms. The number of hydrogen-bond donors (Lipinski definition) is 1. The Hall–Kier alpha value is -1.83. The quantitative estimate of drug-likeness (QED) is 0.753. The zero-order chi connectivity index (χ0) is 10.7. The number of anilines is 1. The lowest BCUT2D eigenvalue weighted by Gasteiger charge is -2.07. The molecular weight excluding hydrogens is 184 g/mol. The Morgan fingerprint density at radius 2 is 2.07 bits per heavy atom. The predicted octanol–water partition coefficient (Wildman–Crippen LogP) is 2.56. The third-order valence-electron chi connectivity index (χ3n) is 2.61. The van der Waals surface area contributed by atoms with Gasteiger partial charge in [0.2, 0.25) is 0 Å². The Balaban J connectivity index is 2.29. The number of nitrogen functional groups attached to an aromatic ring is 1. The minimum absolute atomic E-state index is 0.858. The Kier molecular flexibility index (Phi) is 2.68. The first-order valence-electron chi connectivity index (χ1n) is 5.00. The average molecular weight is 198 g/mol. The van der Waals surface area contributed by atoms with Crippen molar-refractivity contribution in [3.63, 3.8) is 0 Å². The van der Waals surface area contributed by atoms with E-state index in [2.05, 4.69) is 24.0 Å². The first kappa shape index (κ1) is 9.71. The number of rotatable bonds is 2. The summed E-state index contributed by atoms with van der Waals surface area (Å²) in [5, 5.41) is 0. The molecule has 0 fully saturated rings. The standard InChI is InChI=1S/C13H14N2/c1-10-12(5-2-6-13(10)14)8-11-4-3-7-15-9-11/h2-7,9H,8,14H2,1H3. The van der Waals surface area contributed by atoms with Gasteiger partial charge in [-0.25, -0.2) is 0 Å².